The Bertz CT molecular complexity index is 287. The standard InChI is InChI=1S/C10H18N2O4/c1-4-5-7(13)11-6-8(14)12-10(2,3)9(15)16/h4-6H2,1-3H3,(H,11,13)(H,12,14)(H,15,16). The molecule has 3 N–H and O–H groups in total. The van der Waals surface area contributed by atoms with Crippen LogP contribution < -0.4 is 10.6 Å². The molecule has 0 aliphatic heterocycles. The van der Waals surface area contributed by atoms with Crippen LogP contribution in [0.3, 0.4) is 0 Å². The molecule has 0 aromatic carbocycles. The van der Waals surface area contributed by atoms with Crippen LogP contribution in [0.25, 0.3) is 0 Å². The summed E-state index contributed by atoms with van der Waals surface area (Å²) in [7, 11) is 0. The van der Waals surface area contributed by atoms with Crippen LogP contribution in [-0.4, -0.2) is 35.0 Å². The summed E-state index contributed by atoms with van der Waals surface area (Å²) in [6.07, 6.45) is 1.06. The van der Waals surface area contributed by atoms with Crippen LogP contribution >= 0.6 is 0 Å². The number of carbonyl (C=O) groups excluding carboxylic acids is 2. The number of carboxylic acid groups (broad SMARTS) is 1. The van der Waals surface area contributed by atoms with Crippen molar-refractivity contribution in [3.05, 3.63) is 0 Å². The zero-order chi connectivity index (χ0) is 12.8. The Kier molecular flexibility index (Phi) is 5.49. The fourth-order valence-corrected chi connectivity index (χ4v) is 0.941. The van der Waals surface area contributed by atoms with Gasteiger partial charge in [-0.3, -0.25) is 9.59 Å². The van der Waals surface area contributed by atoms with Crippen LogP contribution in [0.2, 0.25) is 0 Å². The maximum absolute atomic E-state index is 11.3. The Morgan fingerprint density at radius 2 is 1.75 bits per heavy atom. The fourth-order valence-electron chi connectivity index (χ4n) is 0.941. The average molecular weight is 230 g/mol. The molecule has 0 rings (SSSR count). The first-order valence-corrected chi connectivity index (χ1v) is 5.10. The molecule has 0 saturated carbocycles. The molecular formula is C10H18N2O4. The maximum Gasteiger partial charge on any atom is 0.328 e. The van der Waals surface area contributed by atoms with Gasteiger partial charge in [-0.05, 0) is 20.3 Å². The summed E-state index contributed by atoms with van der Waals surface area (Å²) in [6, 6.07) is 0. The lowest BCUT2D eigenvalue weighted by Crippen LogP contribution is -2.52. The first-order valence-electron chi connectivity index (χ1n) is 5.10. The van der Waals surface area contributed by atoms with Crippen molar-refractivity contribution in [2.45, 2.75) is 39.2 Å². The molecule has 0 atom stereocenters. The molecule has 0 radical (unpaired) electrons. The lowest BCUT2D eigenvalue weighted by molar-refractivity contribution is -0.145. The highest BCUT2D eigenvalue weighted by molar-refractivity contribution is 5.89. The van der Waals surface area contributed by atoms with E-state index in [-0.39, 0.29) is 12.5 Å². The minimum Gasteiger partial charge on any atom is -0.480 e. The van der Waals surface area contributed by atoms with Gasteiger partial charge in [0.05, 0.1) is 6.54 Å². The molecular weight excluding hydrogens is 212 g/mol. The highest BCUT2D eigenvalue weighted by Crippen LogP contribution is 2.00. The summed E-state index contributed by atoms with van der Waals surface area (Å²) in [4.78, 5) is 33.0. The summed E-state index contributed by atoms with van der Waals surface area (Å²) in [5.41, 5.74) is -1.33. The molecule has 0 aliphatic rings. The number of hydrogen-bond donors (Lipinski definition) is 3. The second kappa shape index (κ2) is 6.09. The van der Waals surface area contributed by atoms with Gasteiger partial charge >= 0.3 is 5.97 Å². The summed E-state index contributed by atoms with van der Waals surface area (Å²) in [5, 5.41) is 13.5. The van der Waals surface area contributed by atoms with Gasteiger partial charge in [0.1, 0.15) is 5.54 Å². The highest BCUT2D eigenvalue weighted by atomic mass is 16.4. The molecule has 0 aliphatic carbocycles. The van der Waals surface area contributed by atoms with E-state index in [1.807, 2.05) is 6.92 Å². The number of carbonyl (C=O) groups is 3. The van der Waals surface area contributed by atoms with E-state index in [2.05, 4.69) is 10.6 Å². The fraction of sp³-hybridized carbons (Fsp3) is 0.700. The number of hydrogen-bond acceptors (Lipinski definition) is 3. The lowest BCUT2D eigenvalue weighted by Gasteiger charge is -2.20. The van der Waals surface area contributed by atoms with Gasteiger partial charge in [0.25, 0.3) is 0 Å². The monoisotopic (exact) mass is 230 g/mol. The lowest BCUT2D eigenvalue weighted by atomic mass is 10.1. The zero-order valence-corrected chi connectivity index (χ0v) is 9.79. The summed E-state index contributed by atoms with van der Waals surface area (Å²) in [5.74, 6) is -1.86. The molecule has 0 unspecified atom stereocenters. The van der Waals surface area contributed by atoms with E-state index in [1.165, 1.54) is 13.8 Å². The van der Waals surface area contributed by atoms with Crippen LogP contribution in [0, 0.1) is 0 Å². The first-order chi connectivity index (χ1) is 7.29. The number of rotatable bonds is 6. The van der Waals surface area contributed by atoms with Crippen LogP contribution in [-0.2, 0) is 14.4 Å². The van der Waals surface area contributed by atoms with Gasteiger partial charge < -0.3 is 15.7 Å². The number of amides is 2. The van der Waals surface area contributed by atoms with Crippen molar-refractivity contribution in [2.75, 3.05) is 6.54 Å². The molecule has 0 fully saturated rings. The van der Waals surface area contributed by atoms with Gasteiger partial charge in [-0.2, -0.15) is 0 Å². The highest BCUT2D eigenvalue weighted by Gasteiger charge is 2.28. The molecule has 16 heavy (non-hydrogen) atoms. The van der Waals surface area contributed by atoms with Gasteiger partial charge in [-0.15, -0.1) is 0 Å². The minimum atomic E-state index is -1.33. The van der Waals surface area contributed by atoms with E-state index in [4.69, 9.17) is 5.11 Å². The van der Waals surface area contributed by atoms with Gasteiger partial charge in [-0.25, -0.2) is 4.79 Å². The van der Waals surface area contributed by atoms with Gasteiger partial charge in [0.15, 0.2) is 0 Å². The predicted octanol–water partition coefficient (Wildman–Crippen LogP) is -0.118. The van der Waals surface area contributed by atoms with Crippen molar-refractivity contribution in [1.29, 1.82) is 0 Å². The number of nitrogens with one attached hydrogen (secondary N) is 2. The average Bonchev–Trinajstić information content (AvgIpc) is 2.14. The third kappa shape index (κ3) is 5.33. The van der Waals surface area contributed by atoms with Crippen molar-refractivity contribution in [1.82, 2.24) is 10.6 Å². The largest absolute Gasteiger partial charge is 0.480 e. The second-order valence-corrected chi connectivity index (χ2v) is 4.01. The van der Waals surface area contributed by atoms with Crippen LogP contribution in [0.1, 0.15) is 33.6 Å². The van der Waals surface area contributed by atoms with Crippen molar-refractivity contribution in [3.8, 4) is 0 Å². The Hall–Kier alpha value is -1.59. The predicted molar refractivity (Wildman–Crippen MR) is 57.8 cm³/mol. The van der Waals surface area contributed by atoms with Crippen molar-refractivity contribution < 1.29 is 19.5 Å². The van der Waals surface area contributed by atoms with Gasteiger partial charge in [0, 0.05) is 6.42 Å². The van der Waals surface area contributed by atoms with E-state index in [0.717, 1.165) is 0 Å². The van der Waals surface area contributed by atoms with Crippen LogP contribution in [0.5, 0.6) is 0 Å². The Morgan fingerprint density at radius 3 is 2.19 bits per heavy atom. The number of aliphatic carboxylic acids is 1. The van der Waals surface area contributed by atoms with E-state index < -0.39 is 17.4 Å². The van der Waals surface area contributed by atoms with Gasteiger partial charge in [-0.1, -0.05) is 6.92 Å². The Labute approximate surface area is 94.4 Å². The molecule has 0 aromatic rings. The Balaban J connectivity index is 4.01. The van der Waals surface area contributed by atoms with Crippen LogP contribution in [0.15, 0.2) is 0 Å². The first kappa shape index (κ1) is 14.4. The molecule has 0 spiro atoms. The molecule has 2 amide bonds. The van der Waals surface area contributed by atoms with E-state index in [9.17, 15) is 14.4 Å². The second-order valence-electron chi connectivity index (χ2n) is 4.01. The van der Waals surface area contributed by atoms with Crippen molar-refractivity contribution in [2.24, 2.45) is 0 Å². The van der Waals surface area contributed by atoms with Crippen molar-refractivity contribution in [3.63, 3.8) is 0 Å². The molecule has 0 bridgehead atoms. The molecule has 6 heteroatoms. The topological polar surface area (TPSA) is 95.5 Å². The molecule has 0 heterocycles. The summed E-state index contributed by atoms with van der Waals surface area (Å²) in [6.45, 7) is 4.41. The molecule has 0 saturated heterocycles. The number of carboxylic acids is 1. The maximum atomic E-state index is 11.3. The third-order valence-corrected chi connectivity index (χ3v) is 1.91. The SMILES string of the molecule is CCCC(=O)NCC(=O)NC(C)(C)C(=O)O. The van der Waals surface area contributed by atoms with Crippen LogP contribution in [0.4, 0.5) is 0 Å². The molecule has 92 valence electrons. The third-order valence-electron chi connectivity index (χ3n) is 1.91. The van der Waals surface area contributed by atoms with E-state index in [1.54, 1.807) is 0 Å². The smallest absolute Gasteiger partial charge is 0.328 e. The molecule has 0 aromatic heterocycles. The summed E-state index contributed by atoms with van der Waals surface area (Å²) < 4.78 is 0. The van der Waals surface area contributed by atoms with Gasteiger partial charge in [0.2, 0.25) is 11.8 Å². The zero-order valence-electron chi connectivity index (χ0n) is 9.79. The van der Waals surface area contributed by atoms with E-state index in [0.29, 0.717) is 12.8 Å². The van der Waals surface area contributed by atoms with Crippen molar-refractivity contribution >= 4 is 17.8 Å². The minimum absolute atomic E-state index is 0.199. The summed E-state index contributed by atoms with van der Waals surface area (Å²) >= 11 is 0. The Morgan fingerprint density at radius 1 is 1.19 bits per heavy atom. The van der Waals surface area contributed by atoms with E-state index >= 15 is 0 Å². The quantitative estimate of drug-likeness (QED) is 0.593. The normalized spacial score (nSPS) is 10.7. The molecule has 6 nitrogen and oxygen atoms in total.